The van der Waals surface area contributed by atoms with E-state index in [-0.39, 0.29) is 0 Å². The van der Waals surface area contributed by atoms with E-state index in [1.807, 2.05) is 7.05 Å². The molecule has 5 heteroatoms. The van der Waals surface area contributed by atoms with Crippen molar-refractivity contribution < 1.29 is 0 Å². The summed E-state index contributed by atoms with van der Waals surface area (Å²) in [6.07, 6.45) is 3.48. The van der Waals surface area contributed by atoms with Crippen LogP contribution >= 0.6 is 0 Å². The molecule has 1 heterocycles. The topological polar surface area (TPSA) is 42.9 Å². The molecule has 0 radical (unpaired) electrons. The normalized spacial score (nSPS) is 17.1. The molecule has 0 unspecified atom stereocenters. The summed E-state index contributed by atoms with van der Waals surface area (Å²) in [5.74, 6) is 1.52. The van der Waals surface area contributed by atoms with Crippen LogP contribution in [0, 0.1) is 0 Å². The standard InChI is InChI=1S/C22H39N5/c1-19(2)21-10-8-20(9-11-21)7-5-12-24-22(23-3)25-13-16-27-15-6-14-26(4)17-18-27/h8-11,19H,5-7,12-18H2,1-4H3,(H2,23,24,25). The van der Waals surface area contributed by atoms with Crippen molar-refractivity contribution in [2.24, 2.45) is 4.99 Å². The minimum absolute atomic E-state index is 0.602. The zero-order valence-corrected chi connectivity index (χ0v) is 17.8. The summed E-state index contributed by atoms with van der Waals surface area (Å²) in [4.78, 5) is 9.31. The van der Waals surface area contributed by atoms with Crippen LogP contribution in [0.1, 0.15) is 43.7 Å². The second kappa shape index (κ2) is 12.0. The summed E-state index contributed by atoms with van der Waals surface area (Å²) in [6.45, 7) is 12.2. The number of aliphatic imine (C=N–C) groups is 1. The molecular formula is C22H39N5. The van der Waals surface area contributed by atoms with Gasteiger partial charge in [-0.25, -0.2) is 0 Å². The Kier molecular flexibility index (Phi) is 9.64. The number of nitrogens with zero attached hydrogens (tertiary/aromatic N) is 3. The number of likely N-dealkylation sites (N-methyl/N-ethyl adjacent to an activating group) is 1. The zero-order valence-electron chi connectivity index (χ0n) is 17.8. The molecule has 5 nitrogen and oxygen atoms in total. The van der Waals surface area contributed by atoms with Gasteiger partial charge in [0.05, 0.1) is 0 Å². The molecule has 1 saturated heterocycles. The van der Waals surface area contributed by atoms with E-state index in [0.717, 1.165) is 38.4 Å². The molecule has 0 bridgehead atoms. The third kappa shape index (κ3) is 8.31. The van der Waals surface area contributed by atoms with Gasteiger partial charge in [-0.05, 0) is 56.4 Å². The molecule has 0 spiro atoms. The van der Waals surface area contributed by atoms with Crippen LogP contribution in [0.4, 0.5) is 0 Å². The van der Waals surface area contributed by atoms with Crippen LogP contribution in [0.15, 0.2) is 29.3 Å². The molecule has 0 amide bonds. The number of rotatable bonds is 8. The smallest absolute Gasteiger partial charge is 0.191 e. The molecule has 0 atom stereocenters. The number of benzene rings is 1. The third-order valence-electron chi connectivity index (χ3n) is 5.34. The Bertz CT molecular complexity index is 552. The Balaban J connectivity index is 1.59. The Morgan fingerprint density at radius 3 is 2.48 bits per heavy atom. The highest BCUT2D eigenvalue weighted by atomic mass is 15.2. The first-order valence-corrected chi connectivity index (χ1v) is 10.5. The van der Waals surface area contributed by atoms with E-state index in [9.17, 15) is 0 Å². The van der Waals surface area contributed by atoms with Crippen molar-refractivity contribution in [3.05, 3.63) is 35.4 Å². The van der Waals surface area contributed by atoms with Gasteiger partial charge in [-0.1, -0.05) is 38.1 Å². The molecule has 1 aromatic rings. The summed E-state index contributed by atoms with van der Waals surface area (Å²) in [7, 11) is 4.06. The molecule has 2 rings (SSSR count). The summed E-state index contributed by atoms with van der Waals surface area (Å²) in [5.41, 5.74) is 2.83. The number of hydrogen-bond acceptors (Lipinski definition) is 3. The molecule has 1 aliphatic heterocycles. The molecule has 0 aromatic heterocycles. The lowest BCUT2D eigenvalue weighted by atomic mass is 10.0. The second-order valence-corrected chi connectivity index (χ2v) is 7.92. The minimum Gasteiger partial charge on any atom is -0.356 e. The highest BCUT2D eigenvalue weighted by molar-refractivity contribution is 5.79. The maximum Gasteiger partial charge on any atom is 0.191 e. The van der Waals surface area contributed by atoms with E-state index in [2.05, 4.69) is 70.6 Å². The van der Waals surface area contributed by atoms with Crippen molar-refractivity contribution in [3.8, 4) is 0 Å². The van der Waals surface area contributed by atoms with Gasteiger partial charge in [0.1, 0.15) is 0 Å². The maximum atomic E-state index is 4.34. The predicted molar refractivity (Wildman–Crippen MR) is 117 cm³/mol. The van der Waals surface area contributed by atoms with Gasteiger partial charge in [0.15, 0.2) is 5.96 Å². The van der Waals surface area contributed by atoms with Crippen LogP contribution in [0.25, 0.3) is 0 Å². The van der Waals surface area contributed by atoms with Crippen LogP contribution < -0.4 is 10.6 Å². The van der Waals surface area contributed by atoms with Crippen molar-refractivity contribution in [1.82, 2.24) is 20.4 Å². The Labute approximate surface area is 166 Å². The average molecular weight is 374 g/mol. The van der Waals surface area contributed by atoms with Gasteiger partial charge in [-0.2, -0.15) is 0 Å². The van der Waals surface area contributed by atoms with E-state index in [1.165, 1.54) is 43.7 Å². The van der Waals surface area contributed by atoms with E-state index in [0.29, 0.717) is 5.92 Å². The summed E-state index contributed by atoms with van der Waals surface area (Å²) in [5, 5.41) is 6.89. The maximum absolute atomic E-state index is 4.34. The molecule has 1 aliphatic rings. The lowest BCUT2D eigenvalue weighted by molar-refractivity contribution is 0.280. The lowest BCUT2D eigenvalue weighted by Crippen LogP contribution is -2.42. The van der Waals surface area contributed by atoms with Crippen LogP contribution in [0.3, 0.4) is 0 Å². The fraction of sp³-hybridized carbons (Fsp3) is 0.682. The summed E-state index contributed by atoms with van der Waals surface area (Å²) >= 11 is 0. The van der Waals surface area contributed by atoms with E-state index in [4.69, 9.17) is 0 Å². The fourth-order valence-corrected chi connectivity index (χ4v) is 3.45. The molecule has 1 fully saturated rings. The Morgan fingerprint density at radius 2 is 1.78 bits per heavy atom. The van der Waals surface area contributed by atoms with Crippen LogP contribution in [-0.2, 0) is 6.42 Å². The first kappa shape index (κ1) is 21.7. The molecule has 2 N–H and O–H groups in total. The molecule has 27 heavy (non-hydrogen) atoms. The van der Waals surface area contributed by atoms with E-state index >= 15 is 0 Å². The zero-order chi connectivity index (χ0) is 19.5. The number of nitrogens with one attached hydrogen (secondary N) is 2. The van der Waals surface area contributed by atoms with Crippen molar-refractivity contribution >= 4 is 5.96 Å². The monoisotopic (exact) mass is 373 g/mol. The Morgan fingerprint density at radius 1 is 1.04 bits per heavy atom. The Hall–Kier alpha value is -1.59. The third-order valence-corrected chi connectivity index (χ3v) is 5.34. The first-order valence-electron chi connectivity index (χ1n) is 10.5. The lowest BCUT2D eigenvalue weighted by Gasteiger charge is -2.21. The molecule has 1 aromatic carbocycles. The second-order valence-electron chi connectivity index (χ2n) is 7.92. The molecular weight excluding hydrogens is 334 g/mol. The van der Waals surface area contributed by atoms with E-state index < -0.39 is 0 Å². The predicted octanol–water partition coefficient (Wildman–Crippen LogP) is 2.55. The highest BCUT2D eigenvalue weighted by Crippen LogP contribution is 2.15. The summed E-state index contributed by atoms with van der Waals surface area (Å²) < 4.78 is 0. The SMILES string of the molecule is CN=C(NCCCc1ccc(C(C)C)cc1)NCCN1CCCN(C)CC1. The van der Waals surface area contributed by atoms with Crippen LogP contribution in [0.5, 0.6) is 0 Å². The van der Waals surface area contributed by atoms with Gasteiger partial charge < -0.3 is 20.4 Å². The van der Waals surface area contributed by atoms with Crippen molar-refractivity contribution in [1.29, 1.82) is 0 Å². The van der Waals surface area contributed by atoms with Gasteiger partial charge in [0.25, 0.3) is 0 Å². The number of hydrogen-bond donors (Lipinski definition) is 2. The number of guanidine groups is 1. The highest BCUT2D eigenvalue weighted by Gasteiger charge is 2.11. The van der Waals surface area contributed by atoms with Crippen LogP contribution in [0.2, 0.25) is 0 Å². The average Bonchev–Trinajstić information content (AvgIpc) is 2.88. The van der Waals surface area contributed by atoms with Gasteiger partial charge in [0, 0.05) is 39.8 Å². The van der Waals surface area contributed by atoms with Crippen molar-refractivity contribution in [3.63, 3.8) is 0 Å². The molecule has 152 valence electrons. The van der Waals surface area contributed by atoms with Gasteiger partial charge in [-0.15, -0.1) is 0 Å². The molecule has 0 saturated carbocycles. The van der Waals surface area contributed by atoms with Gasteiger partial charge in [0.2, 0.25) is 0 Å². The fourth-order valence-electron chi connectivity index (χ4n) is 3.45. The quantitative estimate of drug-likeness (QED) is 0.418. The number of aryl methyl sites for hydroxylation is 1. The van der Waals surface area contributed by atoms with Crippen molar-refractivity contribution in [2.45, 2.75) is 39.0 Å². The van der Waals surface area contributed by atoms with Gasteiger partial charge in [-0.3, -0.25) is 4.99 Å². The first-order chi connectivity index (χ1) is 13.1. The summed E-state index contributed by atoms with van der Waals surface area (Å²) in [6, 6.07) is 9.05. The van der Waals surface area contributed by atoms with Gasteiger partial charge >= 0.3 is 0 Å². The largest absolute Gasteiger partial charge is 0.356 e. The minimum atomic E-state index is 0.602. The van der Waals surface area contributed by atoms with E-state index in [1.54, 1.807) is 0 Å². The molecule has 0 aliphatic carbocycles. The van der Waals surface area contributed by atoms with Crippen molar-refractivity contribution in [2.75, 3.05) is 59.9 Å². The van der Waals surface area contributed by atoms with Crippen LogP contribution in [-0.4, -0.2) is 75.7 Å².